The van der Waals surface area contributed by atoms with E-state index in [9.17, 15) is 0 Å². The average molecular weight is 367 g/mol. The van der Waals surface area contributed by atoms with Crippen LogP contribution in [0.15, 0.2) is 41.5 Å². The fourth-order valence-corrected chi connectivity index (χ4v) is 3.90. The zero-order chi connectivity index (χ0) is 18.8. The van der Waals surface area contributed by atoms with Crippen LogP contribution in [0.5, 0.6) is 0 Å². The standard InChI is InChI=1S/C21H29N5O/c1-15(2)19-13-24-25-14-23-21(27-18-9-11-22-12-10-18)26(20(19)25)16(3)17-7-5-4-6-8-17/h4-8,13-16,18,21-22H,9-12H2,1-3H3/t16?,21-/m1/s1. The van der Waals surface area contributed by atoms with E-state index < -0.39 is 0 Å². The lowest BCUT2D eigenvalue weighted by Gasteiger charge is -2.40. The molecular weight excluding hydrogens is 338 g/mol. The predicted molar refractivity (Wildman–Crippen MR) is 108 cm³/mol. The summed E-state index contributed by atoms with van der Waals surface area (Å²) in [5, 5.41) is 7.95. The van der Waals surface area contributed by atoms with Crippen molar-refractivity contribution in [1.82, 2.24) is 15.1 Å². The Labute approximate surface area is 161 Å². The maximum atomic E-state index is 6.50. The van der Waals surface area contributed by atoms with Crippen molar-refractivity contribution in [1.29, 1.82) is 0 Å². The Morgan fingerprint density at radius 1 is 1.11 bits per heavy atom. The van der Waals surface area contributed by atoms with Crippen LogP contribution >= 0.6 is 0 Å². The maximum absolute atomic E-state index is 6.50. The van der Waals surface area contributed by atoms with E-state index in [1.165, 1.54) is 11.1 Å². The molecule has 2 aliphatic heterocycles. The van der Waals surface area contributed by atoms with E-state index in [1.54, 1.807) is 6.34 Å². The van der Waals surface area contributed by atoms with Gasteiger partial charge in [0.2, 0.25) is 6.35 Å². The van der Waals surface area contributed by atoms with Crippen LogP contribution in [0.25, 0.3) is 0 Å². The number of benzene rings is 1. The van der Waals surface area contributed by atoms with Gasteiger partial charge in [0.05, 0.1) is 18.3 Å². The first-order chi connectivity index (χ1) is 13.1. The van der Waals surface area contributed by atoms with Gasteiger partial charge < -0.3 is 15.0 Å². The minimum Gasteiger partial charge on any atom is -0.336 e. The fraction of sp³-hybridized carbons (Fsp3) is 0.524. The summed E-state index contributed by atoms with van der Waals surface area (Å²) in [7, 11) is 0. The molecule has 1 aromatic heterocycles. The number of nitrogens with one attached hydrogen (secondary N) is 1. The molecule has 3 heterocycles. The third kappa shape index (κ3) is 3.64. The van der Waals surface area contributed by atoms with Gasteiger partial charge in [-0.3, -0.25) is 0 Å². The summed E-state index contributed by atoms with van der Waals surface area (Å²) in [5.41, 5.74) is 2.47. The molecular formula is C21H29N5O. The zero-order valence-electron chi connectivity index (χ0n) is 16.4. The fourth-order valence-electron chi connectivity index (χ4n) is 3.90. The molecule has 2 aromatic rings. The Bertz CT molecular complexity index is 779. The summed E-state index contributed by atoms with van der Waals surface area (Å²) in [6.45, 7) is 8.64. The lowest BCUT2D eigenvalue weighted by atomic mass is 10.0. The van der Waals surface area contributed by atoms with Crippen LogP contribution in [0.1, 0.15) is 56.7 Å². The smallest absolute Gasteiger partial charge is 0.231 e. The number of anilines is 1. The van der Waals surface area contributed by atoms with Crippen molar-refractivity contribution >= 4 is 12.2 Å². The molecule has 0 radical (unpaired) electrons. The molecule has 1 N–H and O–H groups in total. The van der Waals surface area contributed by atoms with Crippen LogP contribution in [0.3, 0.4) is 0 Å². The molecule has 1 unspecified atom stereocenters. The third-order valence-corrected chi connectivity index (χ3v) is 5.50. The summed E-state index contributed by atoms with van der Waals surface area (Å²) in [5.74, 6) is 1.47. The number of ether oxygens (including phenoxy) is 1. The van der Waals surface area contributed by atoms with Gasteiger partial charge in [0.25, 0.3) is 0 Å². The van der Waals surface area contributed by atoms with Gasteiger partial charge in [-0.15, -0.1) is 0 Å². The lowest BCUT2D eigenvalue weighted by molar-refractivity contribution is -0.0277. The lowest BCUT2D eigenvalue weighted by Crippen LogP contribution is -2.46. The van der Waals surface area contributed by atoms with Crippen LogP contribution in [0, 0.1) is 0 Å². The third-order valence-electron chi connectivity index (χ3n) is 5.50. The molecule has 2 aliphatic rings. The highest BCUT2D eigenvalue weighted by molar-refractivity contribution is 5.70. The van der Waals surface area contributed by atoms with Gasteiger partial charge in [-0.1, -0.05) is 44.2 Å². The number of hydrogen-bond acceptors (Lipinski definition) is 5. The van der Waals surface area contributed by atoms with E-state index in [4.69, 9.17) is 9.73 Å². The molecule has 144 valence electrons. The second kappa shape index (κ2) is 7.82. The number of nitrogens with zero attached hydrogens (tertiary/aromatic N) is 4. The first-order valence-corrected chi connectivity index (χ1v) is 9.95. The highest BCUT2D eigenvalue weighted by Crippen LogP contribution is 2.37. The van der Waals surface area contributed by atoms with Crippen molar-refractivity contribution in [2.24, 2.45) is 4.99 Å². The van der Waals surface area contributed by atoms with Gasteiger partial charge in [-0.2, -0.15) is 5.10 Å². The van der Waals surface area contributed by atoms with Crippen LogP contribution in [0.2, 0.25) is 0 Å². The molecule has 2 atom stereocenters. The zero-order valence-corrected chi connectivity index (χ0v) is 16.4. The van der Waals surface area contributed by atoms with Crippen LogP contribution in [-0.2, 0) is 4.74 Å². The number of aliphatic imine (C=N–C) groups is 1. The van der Waals surface area contributed by atoms with Gasteiger partial charge in [-0.25, -0.2) is 9.67 Å². The maximum Gasteiger partial charge on any atom is 0.231 e. The molecule has 4 rings (SSSR count). The molecule has 0 amide bonds. The van der Waals surface area contributed by atoms with E-state index in [0.29, 0.717) is 5.92 Å². The Morgan fingerprint density at radius 3 is 2.56 bits per heavy atom. The minimum atomic E-state index is -0.329. The van der Waals surface area contributed by atoms with Crippen LogP contribution < -0.4 is 10.2 Å². The Balaban J connectivity index is 1.70. The van der Waals surface area contributed by atoms with Gasteiger partial charge >= 0.3 is 0 Å². The van der Waals surface area contributed by atoms with Crippen molar-refractivity contribution in [2.45, 2.75) is 58.0 Å². The Kier molecular flexibility index (Phi) is 5.27. The molecule has 1 aromatic carbocycles. The van der Waals surface area contributed by atoms with Gasteiger partial charge in [0.1, 0.15) is 12.2 Å². The molecule has 1 fully saturated rings. The summed E-state index contributed by atoms with van der Waals surface area (Å²) in [4.78, 5) is 7.02. The highest BCUT2D eigenvalue weighted by atomic mass is 16.5. The molecule has 0 aliphatic carbocycles. The molecule has 0 spiro atoms. The van der Waals surface area contributed by atoms with Crippen molar-refractivity contribution in [3.63, 3.8) is 0 Å². The van der Waals surface area contributed by atoms with Crippen molar-refractivity contribution in [2.75, 3.05) is 18.0 Å². The number of aromatic nitrogens is 2. The van der Waals surface area contributed by atoms with E-state index in [0.717, 1.165) is 31.7 Å². The number of piperidine rings is 1. The average Bonchev–Trinajstić information content (AvgIpc) is 3.13. The quantitative estimate of drug-likeness (QED) is 0.879. The van der Waals surface area contributed by atoms with Crippen LogP contribution in [0.4, 0.5) is 5.82 Å². The minimum absolute atomic E-state index is 0.128. The summed E-state index contributed by atoms with van der Waals surface area (Å²) < 4.78 is 8.38. The molecule has 6 nitrogen and oxygen atoms in total. The van der Waals surface area contributed by atoms with E-state index in [-0.39, 0.29) is 18.5 Å². The van der Waals surface area contributed by atoms with Crippen molar-refractivity contribution in [3.05, 3.63) is 47.7 Å². The first kappa shape index (κ1) is 18.2. The number of fused-ring (bicyclic) bond motifs is 1. The van der Waals surface area contributed by atoms with Gasteiger partial charge in [0.15, 0.2) is 0 Å². The summed E-state index contributed by atoms with van der Waals surface area (Å²) in [6, 6.07) is 10.7. The van der Waals surface area contributed by atoms with E-state index in [1.807, 2.05) is 10.9 Å². The summed E-state index contributed by atoms with van der Waals surface area (Å²) >= 11 is 0. The molecule has 6 heteroatoms. The largest absolute Gasteiger partial charge is 0.336 e. The molecule has 0 saturated carbocycles. The highest BCUT2D eigenvalue weighted by Gasteiger charge is 2.35. The second-order valence-corrected chi connectivity index (χ2v) is 7.69. The number of rotatable bonds is 5. The monoisotopic (exact) mass is 367 g/mol. The summed E-state index contributed by atoms with van der Waals surface area (Å²) in [6.07, 6.45) is 5.72. The topological polar surface area (TPSA) is 54.7 Å². The Hall–Kier alpha value is -2.18. The molecule has 1 saturated heterocycles. The SMILES string of the molecule is CC(C)c1cnn2c1N(C(C)c1ccccc1)[C@H](OC1CCNCC1)N=C2. The normalized spacial score (nSPS) is 21.5. The molecule has 27 heavy (non-hydrogen) atoms. The second-order valence-electron chi connectivity index (χ2n) is 7.69. The Morgan fingerprint density at radius 2 is 1.85 bits per heavy atom. The van der Waals surface area contributed by atoms with E-state index in [2.05, 4.69) is 66.4 Å². The van der Waals surface area contributed by atoms with Crippen molar-refractivity contribution < 1.29 is 4.74 Å². The first-order valence-electron chi connectivity index (χ1n) is 9.95. The van der Waals surface area contributed by atoms with Crippen LogP contribution in [-0.4, -0.2) is 41.7 Å². The van der Waals surface area contributed by atoms with E-state index >= 15 is 0 Å². The van der Waals surface area contributed by atoms with Gasteiger partial charge in [-0.05, 0) is 44.3 Å². The predicted octanol–water partition coefficient (Wildman–Crippen LogP) is 3.52. The van der Waals surface area contributed by atoms with Gasteiger partial charge in [0, 0.05) is 5.56 Å². The molecule has 0 bridgehead atoms. The number of hydrogen-bond donors (Lipinski definition) is 1. The van der Waals surface area contributed by atoms with Crippen molar-refractivity contribution in [3.8, 4) is 0 Å².